The molecule has 0 aliphatic rings. The molecular weight excluding hydrogens is 256 g/mol. The first-order valence-electron chi connectivity index (χ1n) is 5.59. The second-order valence-corrected chi connectivity index (χ2v) is 5.49. The lowest BCUT2D eigenvalue weighted by Gasteiger charge is -2.12. The van der Waals surface area contributed by atoms with Crippen molar-refractivity contribution < 1.29 is 0 Å². The fraction of sp³-hybridized carbons (Fsp3) is 0.214. The predicted molar refractivity (Wildman–Crippen MR) is 74.9 cm³/mol. The highest BCUT2D eigenvalue weighted by Gasteiger charge is 2.10. The fourth-order valence-corrected chi connectivity index (χ4v) is 2.26. The SMILES string of the molecule is CC(C)Sc1ccccc1NC(C#N)=C(C#N)C#N. The maximum Gasteiger partial charge on any atom is 0.163 e. The number of nitriles is 3. The van der Waals surface area contributed by atoms with Crippen molar-refractivity contribution >= 4 is 17.4 Å². The minimum absolute atomic E-state index is 0.0261. The van der Waals surface area contributed by atoms with Crippen LogP contribution in [0.2, 0.25) is 0 Å². The number of nitrogens with zero attached hydrogens (tertiary/aromatic N) is 3. The lowest BCUT2D eigenvalue weighted by molar-refractivity contribution is 1.11. The summed E-state index contributed by atoms with van der Waals surface area (Å²) in [6.07, 6.45) is 0. The molecule has 0 spiro atoms. The predicted octanol–water partition coefficient (Wildman–Crippen LogP) is 3.42. The zero-order chi connectivity index (χ0) is 14.3. The Morgan fingerprint density at radius 2 is 1.74 bits per heavy atom. The van der Waals surface area contributed by atoms with Crippen molar-refractivity contribution in [2.45, 2.75) is 24.0 Å². The van der Waals surface area contributed by atoms with Gasteiger partial charge in [0.2, 0.25) is 0 Å². The van der Waals surface area contributed by atoms with E-state index in [2.05, 4.69) is 19.2 Å². The highest BCUT2D eigenvalue weighted by molar-refractivity contribution is 8.00. The Morgan fingerprint density at radius 3 is 2.26 bits per heavy atom. The zero-order valence-corrected chi connectivity index (χ0v) is 11.5. The highest BCUT2D eigenvalue weighted by atomic mass is 32.2. The van der Waals surface area contributed by atoms with Gasteiger partial charge < -0.3 is 5.32 Å². The number of hydrogen-bond donors (Lipinski definition) is 1. The summed E-state index contributed by atoms with van der Waals surface area (Å²) in [5, 5.41) is 29.9. The van der Waals surface area contributed by atoms with Gasteiger partial charge in [0.25, 0.3) is 0 Å². The molecule has 0 aliphatic heterocycles. The van der Waals surface area contributed by atoms with Crippen molar-refractivity contribution in [3.05, 3.63) is 35.5 Å². The maximum absolute atomic E-state index is 9.01. The van der Waals surface area contributed by atoms with E-state index in [4.69, 9.17) is 15.8 Å². The number of rotatable bonds is 4. The fourth-order valence-electron chi connectivity index (χ4n) is 1.34. The lowest BCUT2D eigenvalue weighted by Crippen LogP contribution is -2.02. The van der Waals surface area contributed by atoms with Gasteiger partial charge >= 0.3 is 0 Å². The average Bonchev–Trinajstić information content (AvgIpc) is 2.40. The number of hydrogen-bond acceptors (Lipinski definition) is 5. The summed E-state index contributed by atoms with van der Waals surface area (Å²) in [5.74, 6) is 0. The maximum atomic E-state index is 9.01. The van der Waals surface area contributed by atoms with Gasteiger partial charge in [-0.3, -0.25) is 0 Å². The molecule has 1 aromatic rings. The molecular formula is C14H12N4S. The zero-order valence-electron chi connectivity index (χ0n) is 10.6. The van der Waals surface area contributed by atoms with Gasteiger partial charge in [-0.25, -0.2) is 0 Å². The molecule has 0 amide bonds. The molecule has 0 saturated heterocycles. The molecule has 0 aliphatic carbocycles. The largest absolute Gasteiger partial charge is 0.344 e. The van der Waals surface area contributed by atoms with Crippen LogP contribution in [-0.2, 0) is 0 Å². The number of para-hydroxylation sites is 1. The van der Waals surface area contributed by atoms with E-state index < -0.39 is 0 Å². The Kier molecular flexibility index (Phi) is 5.48. The van der Waals surface area contributed by atoms with Crippen LogP contribution in [0.4, 0.5) is 5.69 Å². The van der Waals surface area contributed by atoms with Crippen LogP contribution in [0.25, 0.3) is 0 Å². The summed E-state index contributed by atoms with van der Waals surface area (Å²) in [4.78, 5) is 0.973. The third-order valence-electron chi connectivity index (χ3n) is 2.09. The molecule has 0 bridgehead atoms. The van der Waals surface area contributed by atoms with Gasteiger partial charge in [0, 0.05) is 10.1 Å². The first-order chi connectivity index (χ1) is 9.12. The van der Waals surface area contributed by atoms with Crippen LogP contribution in [0, 0.1) is 34.0 Å². The van der Waals surface area contributed by atoms with Crippen molar-refractivity contribution in [3.63, 3.8) is 0 Å². The summed E-state index contributed by atoms with van der Waals surface area (Å²) in [7, 11) is 0. The van der Waals surface area contributed by atoms with E-state index in [9.17, 15) is 0 Å². The summed E-state index contributed by atoms with van der Waals surface area (Å²) in [6, 6.07) is 12.7. The van der Waals surface area contributed by atoms with Crippen LogP contribution in [0.3, 0.4) is 0 Å². The van der Waals surface area contributed by atoms with Gasteiger partial charge in [-0.1, -0.05) is 26.0 Å². The molecule has 1 aromatic carbocycles. The summed E-state index contributed by atoms with van der Waals surface area (Å²) in [6.45, 7) is 4.14. The van der Waals surface area contributed by atoms with Gasteiger partial charge in [-0.15, -0.1) is 11.8 Å². The van der Waals surface area contributed by atoms with Crippen molar-refractivity contribution in [3.8, 4) is 18.2 Å². The van der Waals surface area contributed by atoms with Crippen LogP contribution in [0.15, 0.2) is 40.4 Å². The van der Waals surface area contributed by atoms with E-state index in [1.165, 1.54) is 0 Å². The minimum Gasteiger partial charge on any atom is -0.344 e. The number of allylic oxidation sites excluding steroid dienone is 2. The van der Waals surface area contributed by atoms with E-state index in [0.29, 0.717) is 5.25 Å². The van der Waals surface area contributed by atoms with Gasteiger partial charge in [0.1, 0.15) is 23.9 Å². The molecule has 1 N–H and O–H groups in total. The molecule has 1 rings (SSSR count). The van der Waals surface area contributed by atoms with Gasteiger partial charge in [-0.05, 0) is 12.1 Å². The third-order valence-corrected chi connectivity index (χ3v) is 3.18. The molecule has 0 unspecified atom stereocenters. The normalized spacial score (nSPS) is 9.05. The van der Waals surface area contributed by atoms with Gasteiger partial charge in [-0.2, -0.15) is 15.8 Å². The minimum atomic E-state index is -0.216. The second-order valence-electron chi connectivity index (χ2n) is 3.87. The Labute approximate surface area is 117 Å². The monoisotopic (exact) mass is 268 g/mol. The van der Waals surface area contributed by atoms with Crippen molar-refractivity contribution in [2.75, 3.05) is 5.32 Å². The molecule has 0 heterocycles. The number of anilines is 1. The molecule has 5 heteroatoms. The second kappa shape index (κ2) is 7.11. The smallest absolute Gasteiger partial charge is 0.163 e. The topological polar surface area (TPSA) is 83.4 Å². The quantitative estimate of drug-likeness (QED) is 0.668. The number of nitrogens with one attached hydrogen (secondary N) is 1. The number of thioether (sulfide) groups is 1. The van der Waals surface area contributed by atoms with Crippen LogP contribution in [0.5, 0.6) is 0 Å². The molecule has 0 atom stereocenters. The highest BCUT2D eigenvalue weighted by Crippen LogP contribution is 2.31. The number of benzene rings is 1. The molecule has 0 aromatic heterocycles. The Morgan fingerprint density at radius 1 is 1.11 bits per heavy atom. The van der Waals surface area contributed by atoms with E-state index in [-0.39, 0.29) is 11.3 Å². The van der Waals surface area contributed by atoms with Crippen LogP contribution in [-0.4, -0.2) is 5.25 Å². The summed E-state index contributed by atoms with van der Waals surface area (Å²) in [5.41, 5.74) is 0.481. The molecule has 4 nitrogen and oxygen atoms in total. The van der Waals surface area contributed by atoms with E-state index >= 15 is 0 Å². The molecule has 94 valence electrons. The molecule has 0 fully saturated rings. The van der Waals surface area contributed by atoms with Gasteiger partial charge in [0.05, 0.1) is 5.69 Å². The average molecular weight is 268 g/mol. The van der Waals surface area contributed by atoms with Crippen LogP contribution < -0.4 is 5.32 Å². The Balaban J connectivity index is 3.14. The van der Waals surface area contributed by atoms with Crippen molar-refractivity contribution in [2.24, 2.45) is 0 Å². The summed E-state index contributed by atoms with van der Waals surface area (Å²) < 4.78 is 0. The first-order valence-corrected chi connectivity index (χ1v) is 6.47. The Bertz CT molecular complexity index is 596. The van der Waals surface area contributed by atoms with Crippen molar-refractivity contribution in [1.29, 1.82) is 15.8 Å². The van der Waals surface area contributed by atoms with Crippen LogP contribution in [0.1, 0.15) is 13.8 Å². The van der Waals surface area contributed by atoms with E-state index in [1.807, 2.05) is 30.3 Å². The molecule has 0 saturated carbocycles. The molecule has 0 radical (unpaired) electrons. The first kappa shape index (κ1) is 14.6. The van der Waals surface area contributed by atoms with E-state index in [0.717, 1.165) is 10.6 Å². The summed E-state index contributed by atoms with van der Waals surface area (Å²) >= 11 is 1.64. The van der Waals surface area contributed by atoms with E-state index in [1.54, 1.807) is 23.9 Å². The third kappa shape index (κ3) is 4.07. The Hall–Kier alpha value is -2.42. The van der Waals surface area contributed by atoms with Crippen LogP contribution >= 0.6 is 11.8 Å². The van der Waals surface area contributed by atoms with Gasteiger partial charge in [0.15, 0.2) is 5.57 Å². The lowest BCUT2D eigenvalue weighted by atomic mass is 10.2. The standard InChI is InChI=1S/C14H12N4S/c1-10(2)19-14-6-4-3-5-12(14)18-13(9-17)11(7-15)8-16/h3-6,10,18H,1-2H3. The van der Waals surface area contributed by atoms with Crippen molar-refractivity contribution in [1.82, 2.24) is 0 Å². The molecule has 19 heavy (non-hydrogen) atoms.